The fourth-order valence-electron chi connectivity index (χ4n) is 4.37. The maximum atomic E-state index is 12.2. The second-order valence-electron chi connectivity index (χ2n) is 7.66. The van der Waals surface area contributed by atoms with Crippen molar-refractivity contribution in [3.63, 3.8) is 0 Å². The topological polar surface area (TPSA) is 95.4 Å². The molecule has 1 fully saturated rings. The highest BCUT2D eigenvalue weighted by Gasteiger charge is 2.26. The van der Waals surface area contributed by atoms with Crippen molar-refractivity contribution in [2.24, 2.45) is 5.14 Å². The number of sulfonamides is 1. The molecule has 0 radical (unpaired) electrons. The molecule has 2 aromatic carbocycles. The number of primary sulfonamides is 1. The molecule has 0 aliphatic heterocycles. The number of hydrogen-bond donors (Lipinski definition) is 1. The fourth-order valence-corrected chi connectivity index (χ4v) is 5.14. The van der Waals surface area contributed by atoms with Crippen molar-refractivity contribution in [1.82, 2.24) is 5.16 Å². The summed E-state index contributed by atoms with van der Waals surface area (Å²) in [4.78, 5) is -0.0334. The Kier molecular flexibility index (Phi) is 5.36. The van der Waals surface area contributed by atoms with E-state index >= 15 is 0 Å². The summed E-state index contributed by atoms with van der Waals surface area (Å²) >= 11 is 0. The minimum Gasteiger partial charge on any atom is -0.495 e. The van der Waals surface area contributed by atoms with Crippen LogP contribution in [0.1, 0.15) is 56.1 Å². The number of nitrogens with zero attached hydrogens (tertiary/aromatic N) is 1. The molecule has 1 saturated carbocycles. The van der Waals surface area contributed by atoms with E-state index in [0.29, 0.717) is 23.6 Å². The van der Waals surface area contributed by atoms with Crippen LogP contribution in [0, 0.1) is 0 Å². The standard InChI is InChI=1S/C22H26N2O4S/c1-3-14-12-18(22(27-2)19(13-14)29(23,25)26)20-17-11-7-10-16(21(17)28-24-20)15-8-5-4-6-9-15/h7,10-13,15H,3-6,8-9H2,1-2H3,(H2,23,25,26). The number of fused-ring (bicyclic) bond motifs is 1. The SMILES string of the molecule is CCc1cc(-c2noc3c(C4CCCCC4)cccc23)c(OC)c(S(N)(=O)=O)c1. The summed E-state index contributed by atoms with van der Waals surface area (Å²) in [6, 6.07) is 9.56. The van der Waals surface area contributed by atoms with Crippen LogP contribution in [0.25, 0.3) is 22.2 Å². The molecule has 0 saturated heterocycles. The van der Waals surface area contributed by atoms with Gasteiger partial charge in [0.05, 0.1) is 12.5 Å². The summed E-state index contributed by atoms with van der Waals surface area (Å²) < 4.78 is 35.6. The van der Waals surface area contributed by atoms with Crippen LogP contribution in [0.5, 0.6) is 5.75 Å². The lowest BCUT2D eigenvalue weighted by molar-refractivity contribution is 0.402. The lowest BCUT2D eigenvalue weighted by Crippen LogP contribution is -2.14. The monoisotopic (exact) mass is 414 g/mol. The smallest absolute Gasteiger partial charge is 0.241 e. The van der Waals surface area contributed by atoms with Gasteiger partial charge in [-0.15, -0.1) is 0 Å². The van der Waals surface area contributed by atoms with Crippen LogP contribution in [0.3, 0.4) is 0 Å². The van der Waals surface area contributed by atoms with Crippen molar-refractivity contribution in [1.29, 1.82) is 0 Å². The van der Waals surface area contributed by atoms with E-state index in [1.54, 1.807) is 6.07 Å². The van der Waals surface area contributed by atoms with E-state index in [0.717, 1.165) is 29.4 Å². The van der Waals surface area contributed by atoms with Crippen molar-refractivity contribution in [2.75, 3.05) is 7.11 Å². The average molecular weight is 415 g/mol. The first kappa shape index (κ1) is 19.9. The van der Waals surface area contributed by atoms with Crippen molar-refractivity contribution < 1.29 is 17.7 Å². The van der Waals surface area contributed by atoms with Gasteiger partial charge in [0.2, 0.25) is 10.0 Å². The molecule has 7 heteroatoms. The van der Waals surface area contributed by atoms with E-state index in [1.165, 1.54) is 31.9 Å². The third-order valence-corrected chi connectivity index (χ3v) is 6.78. The van der Waals surface area contributed by atoms with Crippen LogP contribution >= 0.6 is 0 Å². The zero-order valence-corrected chi connectivity index (χ0v) is 17.6. The number of rotatable bonds is 5. The molecule has 0 atom stereocenters. The summed E-state index contributed by atoms with van der Waals surface area (Å²) in [5.74, 6) is 0.667. The zero-order valence-electron chi connectivity index (χ0n) is 16.8. The number of benzene rings is 2. The normalized spacial score (nSPS) is 15.7. The molecule has 0 spiro atoms. The van der Waals surface area contributed by atoms with E-state index < -0.39 is 10.0 Å². The molecule has 29 heavy (non-hydrogen) atoms. The van der Waals surface area contributed by atoms with Crippen LogP contribution in [-0.2, 0) is 16.4 Å². The number of para-hydroxylation sites is 1. The quantitative estimate of drug-likeness (QED) is 0.649. The number of ether oxygens (including phenoxy) is 1. The van der Waals surface area contributed by atoms with Gasteiger partial charge in [0.1, 0.15) is 16.3 Å². The summed E-state index contributed by atoms with van der Waals surface area (Å²) in [5.41, 5.74) is 3.95. The Bertz CT molecular complexity index is 1150. The van der Waals surface area contributed by atoms with Crippen LogP contribution < -0.4 is 9.88 Å². The molecular weight excluding hydrogens is 388 g/mol. The highest BCUT2D eigenvalue weighted by Crippen LogP contribution is 2.42. The van der Waals surface area contributed by atoms with E-state index in [-0.39, 0.29) is 10.6 Å². The predicted octanol–water partition coefficient (Wildman–Crippen LogP) is 4.76. The maximum Gasteiger partial charge on any atom is 0.241 e. The molecule has 154 valence electrons. The largest absolute Gasteiger partial charge is 0.495 e. The molecular formula is C22H26N2O4S. The lowest BCUT2D eigenvalue weighted by Gasteiger charge is -2.21. The van der Waals surface area contributed by atoms with Crippen molar-refractivity contribution in [3.8, 4) is 17.0 Å². The summed E-state index contributed by atoms with van der Waals surface area (Å²) in [6.45, 7) is 1.96. The van der Waals surface area contributed by atoms with Crippen LogP contribution in [-0.4, -0.2) is 20.7 Å². The molecule has 1 heterocycles. The summed E-state index contributed by atoms with van der Waals surface area (Å²) in [7, 11) is -2.51. The first-order valence-electron chi connectivity index (χ1n) is 10.1. The van der Waals surface area contributed by atoms with E-state index in [2.05, 4.69) is 11.2 Å². The molecule has 6 nitrogen and oxygen atoms in total. The molecule has 4 rings (SSSR count). The maximum absolute atomic E-state index is 12.2. The second-order valence-corrected chi connectivity index (χ2v) is 9.19. The Morgan fingerprint density at radius 1 is 1.21 bits per heavy atom. The molecule has 0 amide bonds. The number of aromatic nitrogens is 1. The second kappa shape index (κ2) is 7.80. The first-order chi connectivity index (χ1) is 13.9. The Balaban J connectivity index is 1.94. The van der Waals surface area contributed by atoms with Gasteiger partial charge in [0.15, 0.2) is 5.58 Å². The van der Waals surface area contributed by atoms with E-state index in [9.17, 15) is 8.42 Å². The molecule has 1 aromatic heterocycles. The minimum atomic E-state index is -3.95. The Morgan fingerprint density at radius 2 is 1.97 bits per heavy atom. The average Bonchev–Trinajstić information content (AvgIpc) is 3.16. The Morgan fingerprint density at radius 3 is 2.62 bits per heavy atom. The third kappa shape index (κ3) is 3.65. The molecule has 2 N–H and O–H groups in total. The Hall–Kier alpha value is -2.38. The Labute approximate surface area is 171 Å². The van der Waals surface area contributed by atoms with Gasteiger partial charge in [-0.2, -0.15) is 0 Å². The van der Waals surface area contributed by atoms with Crippen LogP contribution in [0.15, 0.2) is 39.8 Å². The summed E-state index contributed by atoms with van der Waals surface area (Å²) in [5, 5.41) is 10.7. The van der Waals surface area contributed by atoms with Crippen LogP contribution in [0.4, 0.5) is 0 Å². The fraction of sp³-hybridized carbons (Fsp3) is 0.409. The molecule has 0 bridgehead atoms. The van der Waals surface area contributed by atoms with E-state index in [4.69, 9.17) is 14.4 Å². The third-order valence-electron chi connectivity index (χ3n) is 5.86. The number of nitrogens with two attached hydrogens (primary N) is 1. The minimum absolute atomic E-state index is 0.0334. The van der Waals surface area contributed by atoms with Gasteiger partial charge < -0.3 is 9.26 Å². The van der Waals surface area contributed by atoms with Crippen LogP contribution in [0.2, 0.25) is 0 Å². The predicted molar refractivity (Wildman–Crippen MR) is 113 cm³/mol. The summed E-state index contributed by atoms with van der Waals surface area (Å²) in [6.07, 6.45) is 6.70. The highest BCUT2D eigenvalue weighted by molar-refractivity contribution is 7.89. The van der Waals surface area contributed by atoms with Gasteiger partial charge in [-0.1, -0.05) is 43.5 Å². The van der Waals surface area contributed by atoms with Crippen molar-refractivity contribution in [2.45, 2.75) is 56.3 Å². The highest BCUT2D eigenvalue weighted by atomic mass is 32.2. The molecule has 3 aromatic rings. The zero-order chi connectivity index (χ0) is 20.6. The molecule has 0 unspecified atom stereocenters. The van der Waals surface area contributed by atoms with Gasteiger partial charge in [-0.25, -0.2) is 13.6 Å². The number of methoxy groups -OCH3 is 1. The van der Waals surface area contributed by atoms with Gasteiger partial charge in [-0.3, -0.25) is 0 Å². The van der Waals surface area contributed by atoms with Gasteiger partial charge in [-0.05, 0) is 48.9 Å². The van der Waals surface area contributed by atoms with Crippen molar-refractivity contribution >= 4 is 21.0 Å². The lowest BCUT2D eigenvalue weighted by atomic mass is 9.83. The molecule has 1 aliphatic rings. The van der Waals surface area contributed by atoms with Gasteiger partial charge in [0.25, 0.3) is 0 Å². The van der Waals surface area contributed by atoms with E-state index in [1.807, 2.05) is 25.1 Å². The van der Waals surface area contributed by atoms with Gasteiger partial charge in [0, 0.05) is 11.1 Å². The first-order valence-corrected chi connectivity index (χ1v) is 11.6. The van der Waals surface area contributed by atoms with Gasteiger partial charge >= 0.3 is 0 Å². The van der Waals surface area contributed by atoms with Crippen molar-refractivity contribution in [3.05, 3.63) is 41.5 Å². The number of hydrogen-bond acceptors (Lipinski definition) is 5. The number of aryl methyl sites for hydroxylation is 1. The molecule has 1 aliphatic carbocycles.